The van der Waals surface area contributed by atoms with Crippen LogP contribution in [0.3, 0.4) is 0 Å². The number of aldehydes is 1. The fraction of sp³-hybridized carbons (Fsp3) is 0.875. The van der Waals surface area contributed by atoms with E-state index in [4.69, 9.17) is 0 Å². The predicted octanol–water partition coefficient (Wildman–Crippen LogP) is 2.00. The summed E-state index contributed by atoms with van der Waals surface area (Å²) < 4.78 is 0. The van der Waals surface area contributed by atoms with Crippen LogP contribution in [0.1, 0.15) is 41.4 Å². The van der Waals surface area contributed by atoms with Gasteiger partial charge in [0.05, 0.1) is 0 Å². The molecule has 0 saturated heterocycles. The molecule has 0 aromatic rings. The van der Waals surface area contributed by atoms with Gasteiger partial charge in [-0.1, -0.05) is 32.1 Å². The Morgan fingerprint density at radius 3 is 2.40 bits per heavy atom. The van der Waals surface area contributed by atoms with E-state index in [-0.39, 0.29) is 40.6 Å². The van der Waals surface area contributed by atoms with Crippen LogP contribution in [0.5, 0.6) is 0 Å². The number of carbonyl (C=O) groups excluding carboxylic acids is 1. The minimum Gasteiger partial charge on any atom is -1.00 e. The van der Waals surface area contributed by atoms with Gasteiger partial charge in [0.1, 0.15) is 6.29 Å². The van der Waals surface area contributed by atoms with E-state index in [0.29, 0.717) is 0 Å². The van der Waals surface area contributed by atoms with Gasteiger partial charge in [0.25, 0.3) is 0 Å². The molecule has 0 aromatic heterocycles. The number of carbonyl (C=O) groups is 1. The third kappa shape index (κ3) is 3.95. The van der Waals surface area contributed by atoms with Crippen LogP contribution in [0, 0.1) is 5.92 Å². The molecule has 0 spiro atoms. The molecule has 2 heteroatoms. The summed E-state index contributed by atoms with van der Waals surface area (Å²) in [7, 11) is 0. The first kappa shape index (κ1) is 10.9. The fourth-order valence-corrected chi connectivity index (χ4v) is 1.56. The van der Waals surface area contributed by atoms with Gasteiger partial charge in [-0.3, -0.25) is 0 Å². The summed E-state index contributed by atoms with van der Waals surface area (Å²) in [6.45, 7) is 0. The van der Waals surface area contributed by atoms with Gasteiger partial charge in [0.2, 0.25) is 0 Å². The summed E-state index contributed by atoms with van der Waals surface area (Å²) in [6, 6.07) is 0. The molecule has 1 rings (SSSR count). The van der Waals surface area contributed by atoms with Crippen LogP contribution in [-0.4, -0.2) is 44.0 Å². The first-order valence-corrected chi connectivity index (χ1v) is 3.87. The molecule has 1 nitrogen and oxygen atoms in total. The van der Waals surface area contributed by atoms with Gasteiger partial charge >= 0.3 is 37.7 Å². The van der Waals surface area contributed by atoms with Crippen molar-refractivity contribution >= 4 is 44.0 Å². The van der Waals surface area contributed by atoms with E-state index in [2.05, 4.69) is 0 Å². The normalized spacial score (nSPS) is 19.6. The fourth-order valence-electron chi connectivity index (χ4n) is 1.56. The largest absolute Gasteiger partial charge is 2.00 e. The molecule has 0 unspecified atom stereocenters. The maximum atomic E-state index is 10.1. The molecule has 0 aromatic carbocycles. The van der Waals surface area contributed by atoms with Crippen LogP contribution in [-0.2, 0) is 4.79 Å². The van der Waals surface area contributed by atoms with Gasteiger partial charge < -0.3 is 7.65 Å². The topological polar surface area (TPSA) is 17.1 Å². The Balaban J connectivity index is -0.000000270. The van der Waals surface area contributed by atoms with E-state index in [1.165, 1.54) is 32.1 Å². The average Bonchev–Trinajstić information content (AvgIpc) is 1.91. The zero-order valence-corrected chi connectivity index (χ0v) is 8.72. The van der Waals surface area contributed by atoms with Gasteiger partial charge in [-0.25, -0.2) is 0 Å². The molecule has 1 aliphatic carbocycles. The molecule has 1 fully saturated rings. The van der Waals surface area contributed by atoms with Gasteiger partial charge in [0.15, 0.2) is 0 Å². The van der Waals surface area contributed by atoms with Gasteiger partial charge in [-0.2, -0.15) is 0 Å². The molecular formula is C8H16CaO. The van der Waals surface area contributed by atoms with Gasteiger partial charge in [-0.05, 0) is 5.92 Å². The smallest absolute Gasteiger partial charge is 1.00 e. The second-order valence-corrected chi connectivity index (χ2v) is 2.91. The first-order valence-electron chi connectivity index (χ1n) is 3.87. The minimum atomic E-state index is 0. The van der Waals surface area contributed by atoms with Crippen LogP contribution < -0.4 is 0 Å². The van der Waals surface area contributed by atoms with Crippen molar-refractivity contribution in [3.63, 3.8) is 0 Å². The van der Waals surface area contributed by atoms with Crippen molar-refractivity contribution in [2.75, 3.05) is 0 Å². The second-order valence-electron chi connectivity index (χ2n) is 2.91. The van der Waals surface area contributed by atoms with Crippen molar-refractivity contribution in [1.29, 1.82) is 0 Å². The maximum absolute atomic E-state index is 10.1. The quantitative estimate of drug-likeness (QED) is 0.455. The first-order chi connectivity index (χ1) is 4.43. The molecule has 1 aliphatic rings. The summed E-state index contributed by atoms with van der Waals surface area (Å²) in [5.41, 5.74) is 0. The molecule has 56 valence electrons. The van der Waals surface area contributed by atoms with Crippen molar-refractivity contribution in [2.45, 2.75) is 38.5 Å². The standard InChI is InChI=1S/C8H14O.Ca.2H/c9-7-6-8-4-2-1-3-5-8;;;/h7-8H,1-6H2;;;/q;+2;2*-1. The SMILES string of the molecule is O=CCC1CCCCC1.[Ca+2].[H-].[H-]. The average molecular weight is 168 g/mol. The van der Waals surface area contributed by atoms with E-state index < -0.39 is 0 Å². The van der Waals surface area contributed by atoms with E-state index in [0.717, 1.165) is 18.6 Å². The maximum Gasteiger partial charge on any atom is 2.00 e. The summed E-state index contributed by atoms with van der Waals surface area (Å²) in [5.74, 6) is 0.733. The zero-order valence-electron chi connectivity index (χ0n) is 8.51. The second kappa shape index (κ2) is 6.63. The van der Waals surface area contributed by atoms with Crippen molar-refractivity contribution in [1.82, 2.24) is 0 Å². The van der Waals surface area contributed by atoms with Crippen molar-refractivity contribution in [3.05, 3.63) is 0 Å². The number of hydrogen-bond acceptors (Lipinski definition) is 1. The molecule has 0 amide bonds. The van der Waals surface area contributed by atoms with Crippen molar-refractivity contribution in [3.8, 4) is 0 Å². The summed E-state index contributed by atoms with van der Waals surface area (Å²) in [4.78, 5) is 10.1. The Morgan fingerprint density at radius 1 is 1.30 bits per heavy atom. The van der Waals surface area contributed by atoms with Crippen LogP contribution in [0.4, 0.5) is 0 Å². The van der Waals surface area contributed by atoms with Crippen molar-refractivity contribution < 1.29 is 7.65 Å². The molecule has 10 heavy (non-hydrogen) atoms. The molecule has 0 heterocycles. The molecule has 0 atom stereocenters. The number of hydrogen-bond donors (Lipinski definition) is 0. The van der Waals surface area contributed by atoms with Crippen LogP contribution in [0.15, 0.2) is 0 Å². The molecular weight excluding hydrogens is 152 g/mol. The Kier molecular flexibility index (Phi) is 7.24. The Labute approximate surface area is 95.5 Å². The molecule has 0 radical (unpaired) electrons. The van der Waals surface area contributed by atoms with E-state index in [9.17, 15) is 4.79 Å². The Hall–Kier alpha value is 0.930. The van der Waals surface area contributed by atoms with Gasteiger partial charge in [0, 0.05) is 6.42 Å². The van der Waals surface area contributed by atoms with E-state index in [1.54, 1.807) is 0 Å². The zero-order chi connectivity index (χ0) is 6.53. The summed E-state index contributed by atoms with van der Waals surface area (Å²) in [5, 5.41) is 0. The van der Waals surface area contributed by atoms with Gasteiger partial charge in [-0.15, -0.1) is 0 Å². The van der Waals surface area contributed by atoms with Crippen LogP contribution in [0.25, 0.3) is 0 Å². The predicted molar refractivity (Wildman–Crippen MR) is 45.2 cm³/mol. The van der Waals surface area contributed by atoms with Crippen LogP contribution in [0.2, 0.25) is 0 Å². The molecule has 0 aliphatic heterocycles. The summed E-state index contributed by atoms with van der Waals surface area (Å²) in [6.07, 6.45) is 8.53. The van der Waals surface area contributed by atoms with Crippen molar-refractivity contribution in [2.24, 2.45) is 5.92 Å². The third-order valence-electron chi connectivity index (χ3n) is 2.15. The van der Waals surface area contributed by atoms with E-state index >= 15 is 0 Å². The number of rotatable bonds is 2. The van der Waals surface area contributed by atoms with Crippen LogP contribution >= 0.6 is 0 Å². The third-order valence-corrected chi connectivity index (χ3v) is 2.15. The molecule has 1 saturated carbocycles. The molecule has 0 N–H and O–H groups in total. The molecule has 0 bridgehead atoms. The Morgan fingerprint density at radius 2 is 1.90 bits per heavy atom. The Bertz CT molecular complexity index is 95.1. The monoisotopic (exact) mass is 168 g/mol. The van der Waals surface area contributed by atoms with E-state index in [1.807, 2.05) is 0 Å². The minimum absolute atomic E-state index is 0. The summed E-state index contributed by atoms with van der Waals surface area (Å²) >= 11 is 0.